The van der Waals surface area contributed by atoms with Crippen molar-refractivity contribution in [2.75, 3.05) is 7.11 Å². The summed E-state index contributed by atoms with van der Waals surface area (Å²) in [7, 11) is 1.25. The van der Waals surface area contributed by atoms with E-state index in [-0.39, 0.29) is 10.6 Å². The first kappa shape index (κ1) is 11.0. The van der Waals surface area contributed by atoms with Gasteiger partial charge in [0.15, 0.2) is 5.05 Å². The number of benzene rings is 1. The Labute approximate surface area is 84.5 Å². The standard InChI is InChI=1S/C9H7F3OS/c1-13-8(14)6-4-2-3-5-7(6)9(10,11)12/h2-5H,1H3. The summed E-state index contributed by atoms with van der Waals surface area (Å²) in [6.45, 7) is 0. The van der Waals surface area contributed by atoms with E-state index in [2.05, 4.69) is 17.0 Å². The summed E-state index contributed by atoms with van der Waals surface area (Å²) in [6, 6.07) is 5.05. The lowest BCUT2D eigenvalue weighted by atomic mass is 10.1. The molecule has 1 aromatic rings. The van der Waals surface area contributed by atoms with Crippen LogP contribution in [-0.4, -0.2) is 12.2 Å². The Morgan fingerprint density at radius 2 is 1.86 bits per heavy atom. The lowest BCUT2D eigenvalue weighted by Crippen LogP contribution is -2.13. The van der Waals surface area contributed by atoms with Crippen LogP contribution in [0.15, 0.2) is 24.3 Å². The van der Waals surface area contributed by atoms with Crippen LogP contribution in [0.1, 0.15) is 11.1 Å². The predicted octanol–water partition coefficient (Wildman–Crippen LogP) is 3.03. The topological polar surface area (TPSA) is 9.23 Å². The minimum absolute atomic E-state index is 0.0995. The zero-order valence-corrected chi connectivity index (χ0v) is 8.08. The van der Waals surface area contributed by atoms with Gasteiger partial charge in [0.05, 0.1) is 12.7 Å². The molecule has 1 nitrogen and oxygen atoms in total. The Morgan fingerprint density at radius 1 is 1.29 bits per heavy atom. The minimum Gasteiger partial charge on any atom is -0.486 e. The molecule has 0 unspecified atom stereocenters. The summed E-state index contributed by atoms with van der Waals surface area (Å²) in [6.07, 6.45) is -4.40. The molecule has 1 rings (SSSR count). The molecule has 0 saturated heterocycles. The second-order valence-electron chi connectivity index (χ2n) is 2.53. The van der Waals surface area contributed by atoms with E-state index < -0.39 is 11.7 Å². The van der Waals surface area contributed by atoms with Gasteiger partial charge in [-0.25, -0.2) is 0 Å². The average molecular weight is 220 g/mol. The SMILES string of the molecule is COC(=S)c1ccccc1C(F)(F)F. The molecular weight excluding hydrogens is 213 g/mol. The molecule has 0 aliphatic heterocycles. The third-order valence-electron chi connectivity index (χ3n) is 1.64. The first-order valence-electron chi connectivity index (χ1n) is 3.71. The smallest absolute Gasteiger partial charge is 0.417 e. The van der Waals surface area contributed by atoms with Crippen molar-refractivity contribution in [3.8, 4) is 0 Å². The number of hydrogen-bond donors (Lipinski definition) is 0. The van der Waals surface area contributed by atoms with Gasteiger partial charge in [-0.3, -0.25) is 0 Å². The Hall–Kier alpha value is -1.10. The molecule has 5 heteroatoms. The van der Waals surface area contributed by atoms with Gasteiger partial charge in [-0.15, -0.1) is 0 Å². The van der Waals surface area contributed by atoms with Crippen LogP contribution in [0.4, 0.5) is 13.2 Å². The van der Waals surface area contributed by atoms with E-state index in [4.69, 9.17) is 0 Å². The number of thiocarbonyl (C=S) groups is 1. The van der Waals surface area contributed by atoms with Gasteiger partial charge in [-0.2, -0.15) is 13.2 Å². The molecule has 0 heterocycles. The number of halogens is 3. The molecule has 0 saturated carbocycles. The summed E-state index contributed by atoms with van der Waals surface area (Å²) < 4.78 is 41.9. The first-order valence-corrected chi connectivity index (χ1v) is 4.12. The maximum Gasteiger partial charge on any atom is 0.417 e. The molecule has 0 bridgehead atoms. The van der Waals surface area contributed by atoms with Gasteiger partial charge in [0.1, 0.15) is 0 Å². The summed E-state index contributed by atoms with van der Waals surface area (Å²) >= 11 is 4.66. The lowest BCUT2D eigenvalue weighted by molar-refractivity contribution is -0.137. The second-order valence-corrected chi connectivity index (χ2v) is 2.91. The molecule has 0 atom stereocenters. The highest BCUT2D eigenvalue weighted by atomic mass is 32.1. The Balaban J connectivity index is 3.23. The predicted molar refractivity (Wildman–Crippen MR) is 50.2 cm³/mol. The van der Waals surface area contributed by atoms with Gasteiger partial charge in [-0.1, -0.05) is 12.1 Å². The third-order valence-corrected chi connectivity index (χ3v) is 2.02. The van der Waals surface area contributed by atoms with Gasteiger partial charge in [0, 0.05) is 5.56 Å². The molecule has 0 N–H and O–H groups in total. The van der Waals surface area contributed by atoms with E-state index in [1.165, 1.54) is 25.3 Å². The van der Waals surface area contributed by atoms with E-state index in [9.17, 15) is 13.2 Å². The van der Waals surface area contributed by atoms with Crippen molar-refractivity contribution in [1.82, 2.24) is 0 Å². The third kappa shape index (κ3) is 2.23. The minimum atomic E-state index is -4.40. The molecule has 76 valence electrons. The maximum atomic E-state index is 12.4. The highest BCUT2D eigenvalue weighted by Crippen LogP contribution is 2.32. The van der Waals surface area contributed by atoms with Crippen molar-refractivity contribution in [3.63, 3.8) is 0 Å². The molecule has 0 spiro atoms. The molecule has 0 aromatic heterocycles. The van der Waals surface area contributed by atoms with Gasteiger partial charge < -0.3 is 4.74 Å². The van der Waals surface area contributed by atoms with E-state index >= 15 is 0 Å². The number of rotatable bonds is 1. The number of ether oxygens (including phenoxy) is 1. The Kier molecular flexibility index (Phi) is 3.10. The molecular formula is C9H7F3OS. The lowest BCUT2D eigenvalue weighted by Gasteiger charge is -2.11. The molecule has 1 aromatic carbocycles. The normalized spacial score (nSPS) is 11.1. The molecule has 0 aliphatic rings. The fourth-order valence-electron chi connectivity index (χ4n) is 1.02. The fraction of sp³-hybridized carbons (Fsp3) is 0.222. The van der Waals surface area contributed by atoms with Gasteiger partial charge in [0.25, 0.3) is 0 Å². The van der Waals surface area contributed by atoms with Gasteiger partial charge >= 0.3 is 6.18 Å². The van der Waals surface area contributed by atoms with E-state index in [0.717, 1.165) is 6.07 Å². The zero-order valence-electron chi connectivity index (χ0n) is 7.26. The quantitative estimate of drug-likeness (QED) is 0.673. The summed E-state index contributed by atoms with van der Waals surface area (Å²) in [4.78, 5) is 0. The largest absolute Gasteiger partial charge is 0.486 e. The van der Waals surface area contributed by atoms with E-state index in [0.29, 0.717) is 0 Å². The Morgan fingerprint density at radius 3 is 2.36 bits per heavy atom. The zero-order chi connectivity index (χ0) is 10.8. The van der Waals surface area contributed by atoms with Crippen LogP contribution in [0.25, 0.3) is 0 Å². The fourth-order valence-corrected chi connectivity index (χ4v) is 1.20. The molecule has 0 fully saturated rings. The van der Waals surface area contributed by atoms with Crippen LogP contribution < -0.4 is 0 Å². The van der Waals surface area contributed by atoms with Crippen molar-refractivity contribution in [3.05, 3.63) is 35.4 Å². The van der Waals surface area contributed by atoms with Crippen molar-refractivity contribution < 1.29 is 17.9 Å². The van der Waals surface area contributed by atoms with Gasteiger partial charge in [-0.05, 0) is 24.4 Å². The van der Waals surface area contributed by atoms with E-state index in [1.54, 1.807) is 0 Å². The van der Waals surface area contributed by atoms with Crippen LogP contribution in [0.5, 0.6) is 0 Å². The summed E-state index contributed by atoms with van der Waals surface area (Å²) in [5, 5.41) is -0.155. The van der Waals surface area contributed by atoms with Crippen LogP contribution in [0, 0.1) is 0 Å². The number of alkyl halides is 3. The maximum absolute atomic E-state index is 12.4. The van der Waals surface area contributed by atoms with Crippen LogP contribution in [-0.2, 0) is 10.9 Å². The second kappa shape index (κ2) is 3.96. The van der Waals surface area contributed by atoms with E-state index in [1.807, 2.05) is 0 Å². The summed E-state index contributed by atoms with van der Waals surface area (Å²) in [5.41, 5.74) is -0.871. The van der Waals surface area contributed by atoms with Crippen molar-refractivity contribution >= 4 is 17.3 Å². The average Bonchev–Trinajstić information content (AvgIpc) is 2.15. The Bertz CT molecular complexity index is 346. The van der Waals surface area contributed by atoms with Crippen molar-refractivity contribution in [1.29, 1.82) is 0 Å². The highest BCUT2D eigenvalue weighted by Gasteiger charge is 2.34. The monoisotopic (exact) mass is 220 g/mol. The number of methoxy groups -OCH3 is 1. The molecule has 0 aliphatic carbocycles. The number of hydrogen-bond acceptors (Lipinski definition) is 2. The van der Waals surface area contributed by atoms with Crippen molar-refractivity contribution in [2.45, 2.75) is 6.18 Å². The molecule has 14 heavy (non-hydrogen) atoms. The highest BCUT2D eigenvalue weighted by molar-refractivity contribution is 7.80. The van der Waals surface area contributed by atoms with Crippen LogP contribution in [0.3, 0.4) is 0 Å². The first-order chi connectivity index (χ1) is 6.46. The van der Waals surface area contributed by atoms with Gasteiger partial charge in [0.2, 0.25) is 0 Å². The summed E-state index contributed by atoms with van der Waals surface area (Å²) in [5.74, 6) is 0. The van der Waals surface area contributed by atoms with Crippen molar-refractivity contribution in [2.24, 2.45) is 0 Å². The molecule has 0 radical (unpaired) electrons. The molecule has 0 amide bonds. The van der Waals surface area contributed by atoms with Crippen LogP contribution >= 0.6 is 12.2 Å². The van der Waals surface area contributed by atoms with Crippen LogP contribution in [0.2, 0.25) is 0 Å².